The lowest BCUT2D eigenvalue weighted by atomic mass is 9.97. The highest BCUT2D eigenvalue weighted by atomic mass is 32.1. The topological polar surface area (TPSA) is 61.4 Å². The third-order valence-electron chi connectivity index (χ3n) is 4.48. The number of carbonyl (C=O) groups excluding carboxylic acids is 2. The zero-order valence-corrected chi connectivity index (χ0v) is 15.4. The van der Waals surface area contributed by atoms with Crippen molar-refractivity contribution in [1.82, 2.24) is 4.90 Å². The lowest BCUT2D eigenvalue weighted by molar-refractivity contribution is -0.121. The molecule has 0 spiro atoms. The average Bonchev–Trinajstić information content (AvgIpc) is 3.11. The van der Waals surface area contributed by atoms with Crippen molar-refractivity contribution >= 4 is 34.0 Å². The van der Waals surface area contributed by atoms with Crippen LogP contribution in [-0.2, 0) is 4.79 Å². The Morgan fingerprint density at radius 1 is 1.20 bits per heavy atom. The number of hydrogen-bond acceptors (Lipinski definition) is 3. The molecular formula is C19H23N3O2S. The van der Waals surface area contributed by atoms with Gasteiger partial charge in [-0.1, -0.05) is 12.1 Å². The molecule has 3 rings (SSSR count). The highest BCUT2D eigenvalue weighted by molar-refractivity contribution is 7.14. The SMILES string of the molecule is Cc1ccc(C)c(NC(=O)C2CCCN(C(=O)Nc3cccs3)C2)c1. The summed E-state index contributed by atoms with van der Waals surface area (Å²) in [5.74, 6) is -0.190. The van der Waals surface area contributed by atoms with E-state index >= 15 is 0 Å². The van der Waals surface area contributed by atoms with Gasteiger partial charge >= 0.3 is 6.03 Å². The number of likely N-dealkylation sites (tertiary alicyclic amines) is 1. The number of aryl methyl sites for hydroxylation is 2. The molecule has 1 aliphatic rings. The van der Waals surface area contributed by atoms with Crippen LogP contribution in [-0.4, -0.2) is 29.9 Å². The number of carbonyl (C=O) groups is 2. The molecule has 132 valence electrons. The molecule has 0 saturated carbocycles. The molecule has 1 fully saturated rings. The van der Waals surface area contributed by atoms with E-state index in [4.69, 9.17) is 0 Å². The van der Waals surface area contributed by atoms with Crippen molar-refractivity contribution in [2.75, 3.05) is 23.7 Å². The zero-order valence-electron chi connectivity index (χ0n) is 14.5. The Morgan fingerprint density at radius 3 is 2.80 bits per heavy atom. The molecule has 1 atom stereocenters. The third-order valence-corrected chi connectivity index (χ3v) is 5.27. The van der Waals surface area contributed by atoms with Crippen molar-refractivity contribution in [3.63, 3.8) is 0 Å². The minimum Gasteiger partial charge on any atom is -0.326 e. The van der Waals surface area contributed by atoms with Crippen molar-refractivity contribution in [3.8, 4) is 0 Å². The van der Waals surface area contributed by atoms with Crippen molar-refractivity contribution < 1.29 is 9.59 Å². The van der Waals surface area contributed by atoms with Gasteiger partial charge in [0.2, 0.25) is 5.91 Å². The van der Waals surface area contributed by atoms with E-state index in [0.717, 1.165) is 34.7 Å². The molecule has 1 aromatic carbocycles. The van der Waals surface area contributed by atoms with Crippen molar-refractivity contribution in [2.45, 2.75) is 26.7 Å². The van der Waals surface area contributed by atoms with Gasteiger partial charge < -0.3 is 10.2 Å². The third kappa shape index (κ3) is 4.39. The summed E-state index contributed by atoms with van der Waals surface area (Å²) in [4.78, 5) is 26.8. The van der Waals surface area contributed by atoms with Gasteiger partial charge in [0, 0.05) is 18.8 Å². The fourth-order valence-corrected chi connectivity index (χ4v) is 3.62. The van der Waals surface area contributed by atoms with E-state index in [1.165, 1.54) is 11.3 Å². The summed E-state index contributed by atoms with van der Waals surface area (Å²) in [6.45, 7) is 5.13. The molecule has 2 aromatic rings. The maximum absolute atomic E-state index is 12.6. The largest absolute Gasteiger partial charge is 0.326 e. The monoisotopic (exact) mass is 357 g/mol. The molecule has 2 heterocycles. The van der Waals surface area contributed by atoms with E-state index in [0.29, 0.717) is 13.1 Å². The molecule has 1 unspecified atom stereocenters. The number of piperidine rings is 1. The number of rotatable bonds is 3. The Labute approximate surface area is 152 Å². The molecule has 3 amide bonds. The van der Waals surface area contributed by atoms with Crippen molar-refractivity contribution in [1.29, 1.82) is 0 Å². The van der Waals surface area contributed by atoms with E-state index in [-0.39, 0.29) is 17.9 Å². The maximum Gasteiger partial charge on any atom is 0.322 e. The lowest BCUT2D eigenvalue weighted by Gasteiger charge is -2.32. The number of urea groups is 1. The van der Waals surface area contributed by atoms with Crippen LogP contribution in [0.3, 0.4) is 0 Å². The summed E-state index contributed by atoms with van der Waals surface area (Å²) in [7, 11) is 0. The molecule has 1 saturated heterocycles. The summed E-state index contributed by atoms with van der Waals surface area (Å²) in [6.07, 6.45) is 1.64. The van der Waals surface area contributed by atoms with Crippen LogP contribution in [0.15, 0.2) is 35.7 Å². The van der Waals surface area contributed by atoms with Crippen LogP contribution in [0.25, 0.3) is 0 Å². The smallest absolute Gasteiger partial charge is 0.322 e. The lowest BCUT2D eigenvalue weighted by Crippen LogP contribution is -2.45. The molecule has 2 N–H and O–H groups in total. The van der Waals surface area contributed by atoms with Gasteiger partial charge in [-0.05, 0) is 61.4 Å². The summed E-state index contributed by atoms with van der Waals surface area (Å²) < 4.78 is 0. The van der Waals surface area contributed by atoms with E-state index in [1.807, 2.05) is 49.6 Å². The van der Waals surface area contributed by atoms with E-state index in [9.17, 15) is 9.59 Å². The first-order chi connectivity index (χ1) is 12.0. The quantitative estimate of drug-likeness (QED) is 0.863. The first-order valence-corrected chi connectivity index (χ1v) is 9.38. The number of thiophene rings is 1. The second-order valence-electron chi connectivity index (χ2n) is 6.50. The summed E-state index contributed by atoms with van der Waals surface area (Å²) in [5.41, 5.74) is 3.01. The van der Waals surface area contributed by atoms with Gasteiger partial charge in [0.1, 0.15) is 0 Å². The Kier molecular flexibility index (Phi) is 5.38. The van der Waals surface area contributed by atoms with Gasteiger partial charge in [0.15, 0.2) is 0 Å². The molecule has 6 heteroatoms. The summed E-state index contributed by atoms with van der Waals surface area (Å²) >= 11 is 1.49. The molecule has 0 aliphatic carbocycles. The molecular weight excluding hydrogens is 334 g/mol. The molecule has 0 radical (unpaired) electrons. The number of amides is 3. The molecule has 5 nitrogen and oxygen atoms in total. The van der Waals surface area contributed by atoms with Crippen molar-refractivity contribution in [3.05, 3.63) is 46.8 Å². The summed E-state index contributed by atoms with van der Waals surface area (Å²) in [6, 6.07) is 9.66. The standard InChI is InChI=1S/C19H23N3O2S/c1-13-7-8-14(2)16(11-13)20-18(23)15-5-3-9-22(12-15)19(24)21-17-6-4-10-25-17/h4,6-8,10-11,15H,3,5,9,12H2,1-2H3,(H,20,23)(H,21,24). The molecule has 0 bridgehead atoms. The Morgan fingerprint density at radius 2 is 2.04 bits per heavy atom. The van der Waals surface area contributed by atoms with Crippen LogP contribution in [0, 0.1) is 19.8 Å². The number of benzene rings is 1. The normalized spacial score (nSPS) is 17.2. The number of nitrogens with one attached hydrogen (secondary N) is 2. The van der Waals surface area contributed by atoms with Gasteiger partial charge in [-0.15, -0.1) is 11.3 Å². The highest BCUT2D eigenvalue weighted by Crippen LogP contribution is 2.23. The minimum absolute atomic E-state index is 0.0117. The van der Waals surface area contributed by atoms with Crippen LogP contribution in [0.5, 0.6) is 0 Å². The first-order valence-electron chi connectivity index (χ1n) is 8.50. The van der Waals surface area contributed by atoms with Gasteiger partial charge in [0.05, 0.1) is 10.9 Å². The fourth-order valence-electron chi connectivity index (χ4n) is 3.02. The van der Waals surface area contributed by atoms with Crippen LogP contribution < -0.4 is 10.6 Å². The second kappa shape index (κ2) is 7.70. The van der Waals surface area contributed by atoms with Crippen LogP contribution in [0.4, 0.5) is 15.5 Å². The second-order valence-corrected chi connectivity index (χ2v) is 7.45. The fraction of sp³-hybridized carbons (Fsp3) is 0.368. The van der Waals surface area contributed by atoms with Crippen LogP contribution in [0.2, 0.25) is 0 Å². The van der Waals surface area contributed by atoms with E-state index in [2.05, 4.69) is 10.6 Å². The number of hydrogen-bond donors (Lipinski definition) is 2. The van der Waals surface area contributed by atoms with Gasteiger partial charge in [0.25, 0.3) is 0 Å². The number of anilines is 2. The van der Waals surface area contributed by atoms with Crippen LogP contribution >= 0.6 is 11.3 Å². The van der Waals surface area contributed by atoms with Gasteiger partial charge in [-0.2, -0.15) is 0 Å². The first kappa shape index (κ1) is 17.5. The average molecular weight is 357 g/mol. The van der Waals surface area contributed by atoms with Crippen LogP contribution in [0.1, 0.15) is 24.0 Å². The summed E-state index contributed by atoms with van der Waals surface area (Å²) in [5, 5.41) is 8.67. The Bertz CT molecular complexity index is 758. The van der Waals surface area contributed by atoms with E-state index in [1.54, 1.807) is 4.90 Å². The molecule has 1 aromatic heterocycles. The number of nitrogens with zero attached hydrogens (tertiary/aromatic N) is 1. The Balaban J connectivity index is 1.61. The minimum atomic E-state index is -0.178. The zero-order chi connectivity index (χ0) is 17.8. The predicted molar refractivity (Wildman–Crippen MR) is 102 cm³/mol. The van der Waals surface area contributed by atoms with E-state index < -0.39 is 0 Å². The van der Waals surface area contributed by atoms with Gasteiger partial charge in [-0.25, -0.2) is 4.79 Å². The molecule has 1 aliphatic heterocycles. The maximum atomic E-state index is 12.6. The highest BCUT2D eigenvalue weighted by Gasteiger charge is 2.28. The Hall–Kier alpha value is -2.34. The predicted octanol–water partition coefficient (Wildman–Crippen LogP) is 4.25. The van der Waals surface area contributed by atoms with Gasteiger partial charge in [-0.3, -0.25) is 10.1 Å². The van der Waals surface area contributed by atoms with Crippen molar-refractivity contribution in [2.24, 2.45) is 5.92 Å². The molecule has 25 heavy (non-hydrogen) atoms.